The second-order valence-corrected chi connectivity index (χ2v) is 6.67. The van der Waals surface area contributed by atoms with Crippen LogP contribution in [0, 0.1) is 11.8 Å². The molecule has 0 radical (unpaired) electrons. The maximum absolute atomic E-state index is 12.6. The first-order valence-corrected chi connectivity index (χ1v) is 8.85. The third-order valence-corrected chi connectivity index (χ3v) is 4.94. The number of nitrogens with one attached hydrogen (secondary N) is 1. The summed E-state index contributed by atoms with van der Waals surface area (Å²) in [5.41, 5.74) is 2.61. The molecule has 0 aliphatic heterocycles. The molecule has 1 amide bonds. The van der Waals surface area contributed by atoms with E-state index in [2.05, 4.69) is 5.32 Å². The lowest BCUT2D eigenvalue weighted by atomic mass is 9.81. The minimum Gasteiger partial charge on any atom is -0.496 e. The number of benzene rings is 2. The van der Waals surface area contributed by atoms with Crippen molar-refractivity contribution >= 4 is 17.6 Å². The number of hydrogen-bond acceptors (Lipinski definition) is 3. The zero-order chi connectivity index (χ0) is 18.5. The number of carbonyl (C=O) groups is 2. The number of carbonyl (C=O) groups excluding carboxylic acids is 1. The molecule has 2 aromatic rings. The maximum Gasteiger partial charge on any atom is 0.306 e. The Bertz CT molecular complexity index is 802. The van der Waals surface area contributed by atoms with Crippen LogP contribution in [0.1, 0.15) is 25.7 Å². The maximum atomic E-state index is 12.6. The molecule has 26 heavy (non-hydrogen) atoms. The Hall–Kier alpha value is -2.82. The van der Waals surface area contributed by atoms with Crippen LogP contribution in [-0.4, -0.2) is 24.1 Å². The van der Waals surface area contributed by atoms with E-state index in [1.54, 1.807) is 7.11 Å². The molecule has 3 rings (SSSR count). The van der Waals surface area contributed by atoms with Crippen LogP contribution < -0.4 is 10.1 Å². The van der Waals surface area contributed by atoms with Gasteiger partial charge in [-0.3, -0.25) is 9.59 Å². The zero-order valence-electron chi connectivity index (χ0n) is 14.8. The molecule has 0 heterocycles. The molecular formula is C21H23NO4. The monoisotopic (exact) mass is 353 g/mol. The predicted octanol–water partition coefficient (Wildman–Crippen LogP) is 4.19. The van der Waals surface area contributed by atoms with Crippen molar-refractivity contribution in [2.24, 2.45) is 11.8 Å². The van der Waals surface area contributed by atoms with Crippen molar-refractivity contribution in [3.63, 3.8) is 0 Å². The largest absolute Gasteiger partial charge is 0.496 e. The topological polar surface area (TPSA) is 75.6 Å². The van der Waals surface area contributed by atoms with Crippen LogP contribution in [0.15, 0.2) is 48.5 Å². The minimum absolute atomic E-state index is 0.104. The van der Waals surface area contributed by atoms with Gasteiger partial charge in [-0.1, -0.05) is 36.8 Å². The van der Waals surface area contributed by atoms with E-state index in [1.165, 1.54) is 0 Å². The van der Waals surface area contributed by atoms with Gasteiger partial charge in [-0.05, 0) is 43.0 Å². The van der Waals surface area contributed by atoms with Gasteiger partial charge in [-0.2, -0.15) is 0 Å². The summed E-state index contributed by atoms with van der Waals surface area (Å²) in [6.07, 6.45) is 2.58. The summed E-state index contributed by atoms with van der Waals surface area (Å²) in [5.74, 6) is -0.805. The molecule has 2 atom stereocenters. The van der Waals surface area contributed by atoms with Gasteiger partial charge in [0.1, 0.15) is 5.75 Å². The van der Waals surface area contributed by atoms with Crippen molar-refractivity contribution in [2.75, 3.05) is 12.4 Å². The molecule has 2 unspecified atom stereocenters. The molecule has 5 nitrogen and oxygen atoms in total. The van der Waals surface area contributed by atoms with Gasteiger partial charge in [0.25, 0.3) is 0 Å². The number of aliphatic carboxylic acids is 1. The summed E-state index contributed by atoms with van der Waals surface area (Å²) < 4.78 is 5.41. The molecule has 1 fully saturated rings. The van der Waals surface area contributed by atoms with Crippen LogP contribution in [0.25, 0.3) is 11.1 Å². The standard InChI is InChI=1S/C21H23NO4/c1-26-19-11-3-2-10-18(19)14-6-5-9-17(13-14)22-20(23)15-7-4-8-16(12-15)21(24)25/h2-3,5-6,9-11,13,15-16H,4,7-8,12H2,1H3,(H,22,23)(H,24,25). The molecule has 1 aliphatic carbocycles. The van der Waals surface area contributed by atoms with Crippen LogP contribution >= 0.6 is 0 Å². The fourth-order valence-corrected chi connectivity index (χ4v) is 3.54. The number of rotatable bonds is 5. The van der Waals surface area contributed by atoms with Gasteiger partial charge in [-0.25, -0.2) is 0 Å². The highest BCUT2D eigenvalue weighted by Gasteiger charge is 2.31. The lowest BCUT2D eigenvalue weighted by Gasteiger charge is -2.25. The van der Waals surface area contributed by atoms with E-state index in [1.807, 2.05) is 48.5 Å². The first-order valence-electron chi connectivity index (χ1n) is 8.85. The Labute approximate surface area is 153 Å². The van der Waals surface area contributed by atoms with Gasteiger partial charge in [0.05, 0.1) is 13.0 Å². The summed E-state index contributed by atoms with van der Waals surface area (Å²) in [4.78, 5) is 23.8. The van der Waals surface area contributed by atoms with Gasteiger partial charge < -0.3 is 15.2 Å². The van der Waals surface area contributed by atoms with Crippen LogP contribution in [0.3, 0.4) is 0 Å². The van der Waals surface area contributed by atoms with Crippen molar-refractivity contribution in [2.45, 2.75) is 25.7 Å². The lowest BCUT2D eigenvalue weighted by Crippen LogP contribution is -2.30. The molecule has 2 aromatic carbocycles. The van der Waals surface area contributed by atoms with Crippen molar-refractivity contribution in [1.29, 1.82) is 0 Å². The quantitative estimate of drug-likeness (QED) is 0.845. The zero-order valence-corrected chi connectivity index (χ0v) is 14.8. The lowest BCUT2D eigenvalue weighted by molar-refractivity contribution is -0.143. The van der Waals surface area contributed by atoms with Crippen LogP contribution in [-0.2, 0) is 9.59 Å². The molecule has 5 heteroatoms. The number of amides is 1. The summed E-state index contributed by atoms with van der Waals surface area (Å²) in [6, 6.07) is 15.3. The highest BCUT2D eigenvalue weighted by Crippen LogP contribution is 2.32. The van der Waals surface area contributed by atoms with Gasteiger partial charge in [-0.15, -0.1) is 0 Å². The Kier molecular flexibility index (Phi) is 5.56. The van der Waals surface area contributed by atoms with Gasteiger partial charge >= 0.3 is 5.97 Å². The van der Waals surface area contributed by atoms with E-state index in [4.69, 9.17) is 4.74 Å². The second-order valence-electron chi connectivity index (χ2n) is 6.67. The molecule has 0 aromatic heterocycles. The summed E-state index contributed by atoms with van der Waals surface area (Å²) >= 11 is 0. The second kappa shape index (κ2) is 8.04. The fourth-order valence-electron chi connectivity index (χ4n) is 3.54. The molecule has 0 bridgehead atoms. The number of carboxylic acid groups (broad SMARTS) is 1. The van der Waals surface area contributed by atoms with Crippen molar-refractivity contribution < 1.29 is 19.4 Å². The van der Waals surface area contributed by atoms with Crippen LogP contribution in [0.5, 0.6) is 5.75 Å². The fraction of sp³-hybridized carbons (Fsp3) is 0.333. The van der Waals surface area contributed by atoms with E-state index >= 15 is 0 Å². The van der Waals surface area contributed by atoms with Gasteiger partial charge in [0.2, 0.25) is 5.91 Å². The van der Waals surface area contributed by atoms with Crippen molar-refractivity contribution in [3.8, 4) is 16.9 Å². The highest BCUT2D eigenvalue weighted by molar-refractivity contribution is 5.93. The van der Waals surface area contributed by atoms with E-state index in [-0.39, 0.29) is 11.8 Å². The van der Waals surface area contributed by atoms with Gasteiger partial charge in [0.15, 0.2) is 0 Å². The van der Waals surface area contributed by atoms with Crippen LogP contribution in [0.2, 0.25) is 0 Å². The summed E-state index contributed by atoms with van der Waals surface area (Å²) in [7, 11) is 1.63. The number of carboxylic acids is 1. The van der Waals surface area contributed by atoms with E-state index in [0.29, 0.717) is 18.5 Å². The Morgan fingerprint density at radius 3 is 2.62 bits per heavy atom. The van der Waals surface area contributed by atoms with Crippen molar-refractivity contribution in [1.82, 2.24) is 0 Å². The SMILES string of the molecule is COc1ccccc1-c1cccc(NC(=O)C2CCCC(C(=O)O)C2)c1. The minimum atomic E-state index is -0.805. The Morgan fingerprint density at radius 2 is 1.85 bits per heavy atom. The number of methoxy groups -OCH3 is 1. The smallest absolute Gasteiger partial charge is 0.306 e. The van der Waals surface area contributed by atoms with Crippen molar-refractivity contribution in [3.05, 3.63) is 48.5 Å². The number of anilines is 1. The number of hydrogen-bond donors (Lipinski definition) is 2. The summed E-state index contributed by atoms with van der Waals surface area (Å²) in [5, 5.41) is 12.1. The first kappa shape index (κ1) is 18.0. The predicted molar refractivity (Wildman–Crippen MR) is 100 cm³/mol. The summed E-state index contributed by atoms with van der Waals surface area (Å²) in [6.45, 7) is 0. The molecule has 0 saturated heterocycles. The van der Waals surface area contributed by atoms with Crippen LogP contribution in [0.4, 0.5) is 5.69 Å². The molecule has 0 spiro atoms. The average molecular weight is 353 g/mol. The normalized spacial score (nSPS) is 19.6. The van der Waals surface area contributed by atoms with E-state index in [0.717, 1.165) is 29.7 Å². The van der Waals surface area contributed by atoms with Gasteiger partial charge in [0, 0.05) is 17.2 Å². The first-order chi connectivity index (χ1) is 12.6. The molecule has 1 saturated carbocycles. The van der Waals surface area contributed by atoms with E-state index in [9.17, 15) is 14.7 Å². The Morgan fingerprint density at radius 1 is 1.08 bits per heavy atom. The third-order valence-electron chi connectivity index (χ3n) is 4.94. The molecular weight excluding hydrogens is 330 g/mol. The molecule has 2 N–H and O–H groups in total. The number of ether oxygens (including phenoxy) is 1. The number of para-hydroxylation sites is 1. The molecule has 136 valence electrons. The molecule has 1 aliphatic rings. The Balaban J connectivity index is 1.74. The van der Waals surface area contributed by atoms with E-state index < -0.39 is 11.9 Å². The average Bonchev–Trinajstić information content (AvgIpc) is 2.68. The highest BCUT2D eigenvalue weighted by atomic mass is 16.5. The third kappa shape index (κ3) is 4.04.